The fraction of sp³-hybridized carbons (Fsp3) is 0.273. The maximum Gasteiger partial charge on any atom is 0.183 e. The average Bonchev–Trinajstić information content (AvgIpc) is 3.34. The van der Waals surface area contributed by atoms with Crippen LogP contribution in [0.15, 0.2) is 48.5 Å². The Labute approximate surface area is 162 Å². The van der Waals surface area contributed by atoms with Crippen LogP contribution in [-0.2, 0) is 0 Å². The van der Waals surface area contributed by atoms with E-state index in [1.165, 1.54) is 0 Å². The fourth-order valence-corrected chi connectivity index (χ4v) is 3.51. The van der Waals surface area contributed by atoms with E-state index in [0.29, 0.717) is 24.2 Å². The Hall–Kier alpha value is -3.28. The second-order valence-corrected chi connectivity index (χ2v) is 7.00. The predicted octanol–water partition coefficient (Wildman–Crippen LogP) is 4.85. The number of Topliss-reactive ketones (excluding diaryl/α,β-unsaturated/α-hetero) is 2. The monoisotopic (exact) mass is 374 g/mol. The summed E-state index contributed by atoms with van der Waals surface area (Å²) in [5.41, 5.74) is 2.82. The van der Waals surface area contributed by atoms with Crippen LogP contribution in [-0.4, -0.2) is 32.0 Å². The Morgan fingerprint density at radius 1 is 0.643 bits per heavy atom. The van der Waals surface area contributed by atoms with E-state index < -0.39 is 0 Å². The molecule has 6 heteroatoms. The number of unbranched alkanes of at least 4 members (excludes halogenated alkanes) is 3. The maximum absolute atomic E-state index is 12.4. The second-order valence-electron chi connectivity index (χ2n) is 7.00. The van der Waals surface area contributed by atoms with Crippen molar-refractivity contribution in [3.8, 4) is 0 Å². The molecule has 0 radical (unpaired) electrons. The molecule has 2 aromatic carbocycles. The first-order valence-corrected chi connectivity index (χ1v) is 9.66. The van der Waals surface area contributed by atoms with Gasteiger partial charge in [-0.1, -0.05) is 49.2 Å². The number of nitrogens with zero attached hydrogens (tertiary/aromatic N) is 2. The lowest BCUT2D eigenvalue weighted by Crippen LogP contribution is -2.01. The van der Waals surface area contributed by atoms with Gasteiger partial charge in [-0.2, -0.15) is 10.2 Å². The van der Waals surface area contributed by atoms with Gasteiger partial charge >= 0.3 is 0 Å². The number of ketones is 2. The van der Waals surface area contributed by atoms with Crippen LogP contribution in [0.5, 0.6) is 0 Å². The molecule has 2 N–H and O–H groups in total. The van der Waals surface area contributed by atoms with Crippen molar-refractivity contribution in [2.75, 3.05) is 0 Å². The molecule has 0 spiro atoms. The molecular formula is C22H22N4O2. The van der Waals surface area contributed by atoms with Crippen molar-refractivity contribution in [3.63, 3.8) is 0 Å². The number of aromatic amines is 2. The summed E-state index contributed by atoms with van der Waals surface area (Å²) in [6.07, 6.45) is 4.41. The third-order valence-electron chi connectivity index (χ3n) is 5.03. The van der Waals surface area contributed by atoms with Crippen molar-refractivity contribution in [1.82, 2.24) is 20.4 Å². The van der Waals surface area contributed by atoms with E-state index in [2.05, 4.69) is 20.4 Å². The first kappa shape index (κ1) is 18.1. The van der Waals surface area contributed by atoms with Gasteiger partial charge in [-0.25, -0.2) is 0 Å². The van der Waals surface area contributed by atoms with Crippen LogP contribution in [0.25, 0.3) is 21.8 Å². The van der Waals surface area contributed by atoms with Crippen LogP contribution >= 0.6 is 0 Å². The number of H-pyrrole nitrogens is 2. The molecule has 0 saturated carbocycles. The number of rotatable bonds is 9. The highest BCUT2D eigenvalue weighted by atomic mass is 16.1. The van der Waals surface area contributed by atoms with E-state index in [4.69, 9.17) is 0 Å². The molecule has 0 saturated heterocycles. The quantitative estimate of drug-likeness (QED) is 0.324. The van der Waals surface area contributed by atoms with Crippen LogP contribution in [0.2, 0.25) is 0 Å². The van der Waals surface area contributed by atoms with Gasteiger partial charge in [0.15, 0.2) is 11.6 Å². The smallest absolute Gasteiger partial charge is 0.183 e. The second kappa shape index (κ2) is 8.17. The number of hydrogen-bond acceptors (Lipinski definition) is 4. The average molecular weight is 374 g/mol. The minimum absolute atomic E-state index is 0.0662. The van der Waals surface area contributed by atoms with E-state index in [1.54, 1.807) is 0 Å². The Balaban J connectivity index is 1.21. The van der Waals surface area contributed by atoms with Crippen molar-refractivity contribution in [2.45, 2.75) is 38.5 Å². The minimum atomic E-state index is 0.0662. The van der Waals surface area contributed by atoms with Crippen LogP contribution in [0, 0.1) is 0 Å². The van der Waals surface area contributed by atoms with Crippen LogP contribution in [0.3, 0.4) is 0 Å². The molecule has 0 aliphatic carbocycles. The topological polar surface area (TPSA) is 91.5 Å². The number of nitrogens with one attached hydrogen (secondary N) is 2. The predicted molar refractivity (Wildman–Crippen MR) is 109 cm³/mol. The van der Waals surface area contributed by atoms with Crippen molar-refractivity contribution >= 4 is 33.4 Å². The van der Waals surface area contributed by atoms with Crippen molar-refractivity contribution < 1.29 is 9.59 Å². The molecule has 6 nitrogen and oxygen atoms in total. The summed E-state index contributed by atoms with van der Waals surface area (Å²) in [6, 6.07) is 15.3. The molecule has 142 valence electrons. The van der Waals surface area contributed by atoms with Crippen LogP contribution < -0.4 is 0 Å². The number of hydrogen-bond donors (Lipinski definition) is 2. The van der Waals surface area contributed by atoms with Crippen molar-refractivity contribution in [1.29, 1.82) is 0 Å². The molecule has 0 aliphatic rings. The fourth-order valence-electron chi connectivity index (χ4n) is 3.51. The molecule has 2 aromatic heterocycles. The van der Waals surface area contributed by atoms with Gasteiger partial charge in [0.1, 0.15) is 11.4 Å². The SMILES string of the molecule is O=C(CCCCCCC(=O)c1n[nH]c2ccccc12)c1n[nH]c2ccccc12. The van der Waals surface area contributed by atoms with E-state index >= 15 is 0 Å². The van der Waals surface area contributed by atoms with Gasteiger partial charge in [0.05, 0.1) is 11.0 Å². The highest BCUT2D eigenvalue weighted by Crippen LogP contribution is 2.19. The van der Waals surface area contributed by atoms with E-state index in [1.807, 2.05) is 48.5 Å². The van der Waals surface area contributed by atoms with E-state index in [0.717, 1.165) is 47.5 Å². The van der Waals surface area contributed by atoms with Gasteiger partial charge < -0.3 is 0 Å². The maximum atomic E-state index is 12.4. The molecule has 0 amide bonds. The summed E-state index contributed by atoms with van der Waals surface area (Å²) in [7, 11) is 0. The van der Waals surface area contributed by atoms with E-state index in [-0.39, 0.29) is 11.6 Å². The number of fused-ring (bicyclic) bond motifs is 2. The number of carbonyl (C=O) groups excluding carboxylic acids is 2. The lowest BCUT2D eigenvalue weighted by Gasteiger charge is -2.01. The summed E-state index contributed by atoms with van der Waals surface area (Å²) in [5.74, 6) is 0.132. The Morgan fingerprint density at radius 3 is 1.54 bits per heavy atom. The third kappa shape index (κ3) is 3.71. The number of para-hydroxylation sites is 2. The molecule has 4 rings (SSSR count). The first-order chi connectivity index (χ1) is 13.7. The van der Waals surface area contributed by atoms with Gasteiger partial charge in [-0.3, -0.25) is 19.8 Å². The number of aromatic nitrogens is 4. The molecule has 2 heterocycles. The van der Waals surface area contributed by atoms with Crippen molar-refractivity contribution in [2.24, 2.45) is 0 Å². The summed E-state index contributed by atoms with van der Waals surface area (Å²) in [5, 5.41) is 15.9. The molecular weight excluding hydrogens is 352 g/mol. The number of benzene rings is 2. The molecule has 0 atom stereocenters. The zero-order valence-electron chi connectivity index (χ0n) is 15.6. The zero-order valence-corrected chi connectivity index (χ0v) is 15.6. The Morgan fingerprint density at radius 2 is 1.07 bits per heavy atom. The molecule has 0 bridgehead atoms. The largest absolute Gasteiger partial charge is 0.292 e. The number of carbonyl (C=O) groups is 2. The summed E-state index contributed by atoms with van der Waals surface area (Å²) < 4.78 is 0. The van der Waals surface area contributed by atoms with Gasteiger partial charge in [0, 0.05) is 23.6 Å². The van der Waals surface area contributed by atoms with Gasteiger partial charge in [0.2, 0.25) is 0 Å². The third-order valence-corrected chi connectivity index (χ3v) is 5.03. The molecule has 0 fully saturated rings. The normalized spacial score (nSPS) is 11.3. The van der Waals surface area contributed by atoms with Gasteiger partial charge in [-0.05, 0) is 25.0 Å². The highest BCUT2D eigenvalue weighted by Gasteiger charge is 2.14. The summed E-state index contributed by atoms with van der Waals surface area (Å²) in [6.45, 7) is 0. The molecule has 0 aliphatic heterocycles. The van der Waals surface area contributed by atoms with Gasteiger partial charge in [0.25, 0.3) is 0 Å². The zero-order chi connectivity index (χ0) is 19.3. The van der Waals surface area contributed by atoms with E-state index in [9.17, 15) is 9.59 Å². The molecule has 4 aromatic rings. The summed E-state index contributed by atoms with van der Waals surface area (Å²) >= 11 is 0. The molecule has 28 heavy (non-hydrogen) atoms. The standard InChI is InChI=1S/C22H22N4O2/c27-19(21-15-9-5-7-11-17(15)23-25-21)13-3-1-2-4-14-20(28)22-16-10-6-8-12-18(16)24-26-22/h5-12H,1-4,13-14H2,(H,23,25)(H,24,26). The highest BCUT2D eigenvalue weighted by molar-refractivity contribution is 6.06. The summed E-state index contributed by atoms with van der Waals surface area (Å²) in [4.78, 5) is 24.8. The lowest BCUT2D eigenvalue weighted by atomic mass is 10.0. The van der Waals surface area contributed by atoms with Crippen molar-refractivity contribution in [3.05, 3.63) is 59.9 Å². The lowest BCUT2D eigenvalue weighted by molar-refractivity contribution is 0.0963. The molecule has 0 unspecified atom stereocenters. The van der Waals surface area contributed by atoms with Crippen LogP contribution in [0.1, 0.15) is 59.5 Å². The van der Waals surface area contributed by atoms with Gasteiger partial charge in [-0.15, -0.1) is 0 Å². The Bertz CT molecular complexity index is 1040. The minimum Gasteiger partial charge on any atom is -0.292 e. The Kier molecular flexibility index (Phi) is 5.28. The first-order valence-electron chi connectivity index (χ1n) is 9.66. The van der Waals surface area contributed by atoms with Crippen LogP contribution in [0.4, 0.5) is 0 Å².